The lowest BCUT2D eigenvalue weighted by molar-refractivity contribution is -0.137. The van der Waals surface area contributed by atoms with E-state index < -0.39 is 28.7 Å². The minimum Gasteiger partial charge on any atom is -0.380 e. The summed E-state index contributed by atoms with van der Waals surface area (Å²) in [6, 6.07) is 3.08. The van der Waals surface area contributed by atoms with Crippen LogP contribution in [0.15, 0.2) is 41.5 Å². The number of aromatic nitrogens is 4. The van der Waals surface area contributed by atoms with Gasteiger partial charge >= 0.3 is 6.18 Å². The van der Waals surface area contributed by atoms with E-state index in [0.29, 0.717) is 18.0 Å². The number of alkyl halides is 3. The average Bonchev–Trinajstić information content (AvgIpc) is 3.03. The molecule has 0 saturated carbocycles. The van der Waals surface area contributed by atoms with Crippen LogP contribution in [0.25, 0.3) is 5.82 Å². The molecule has 2 N–H and O–H groups in total. The van der Waals surface area contributed by atoms with E-state index in [1.165, 1.54) is 30.1 Å². The van der Waals surface area contributed by atoms with Crippen molar-refractivity contribution >= 4 is 0 Å². The summed E-state index contributed by atoms with van der Waals surface area (Å²) in [5.74, 6) is -0.686. The van der Waals surface area contributed by atoms with Crippen LogP contribution >= 0.6 is 0 Å². The van der Waals surface area contributed by atoms with E-state index in [2.05, 4.69) is 15.1 Å². The Labute approximate surface area is 150 Å². The molecule has 0 bridgehead atoms. The van der Waals surface area contributed by atoms with Crippen LogP contribution in [0.4, 0.5) is 17.6 Å². The number of nitrogens with zero attached hydrogens (tertiary/aromatic N) is 3. The van der Waals surface area contributed by atoms with Crippen molar-refractivity contribution in [3.63, 3.8) is 0 Å². The zero-order valence-corrected chi connectivity index (χ0v) is 14.2. The number of aromatic amines is 1. The third kappa shape index (κ3) is 3.61. The number of hydrogen-bond donors (Lipinski definition) is 2. The number of nitrogens with one attached hydrogen (secondary N) is 1. The fourth-order valence-electron chi connectivity index (χ4n) is 2.62. The minimum absolute atomic E-state index is 0.112. The summed E-state index contributed by atoms with van der Waals surface area (Å²) >= 11 is 0. The lowest BCUT2D eigenvalue weighted by Crippen LogP contribution is -2.24. The van der Waals surface area contributed by atoms with Crippen LogP contribution in [0, 0.1) is 12.7 Å². The van der Waals surface area contributed by atoms with Crippen LogP contribution in [-0.4, -0.2) is 24.9 Å². The second kappa shape index (κ2) is 6.31. The number of hydrogen-bond acceptors (Lipinski definition) is 4. The first-order valence-corrected chi connectivity index (χ1v) is 7.71. The number of rotatable bonds is 3. The Bertz CT molecular complexity index is 1050. The first-order valence-electron chi connectivity index (χ1n) is 7.71. The lowest BCUT2D eigenvalue weighted by atomic mass is 9.89. The molecule has 0 fully saturated rings. The molecule has 0 amide bonds. The highest BCUT2D eigenvalue weighted by Gasteiger charge is 2.35. The molecular weight excluding hydrogens is 368 g/mol. The van der Waals surface area contributed by atoms with Gasteiger partial charge in [-0.1, -0.05) is 6.07 Å². The van der Waals surface area contributed by atoms with Gasteiger partial charge in [0, 0.05) is 23.4 Å². The van der Waals surface area contributed by atoms with Gasteiger partial charge in [-0.15, -0.1) is 0 Å². The maximum Gasteiger partial charge on any atom is 0.416 e. The van der Waals surface area contributed by atoms with E-state index in [1.54, 1.807) is 6.92 Å². The summed E-state index contributed by atoms with van der Waals surface area (Å²) in [6.45, 7) is 2.81. The molecule has 1 aromatic carbocycles. The molecule has 0 aliphatic heterocycles. The van der Waals surface area contributed by atoms with Crippen LogP contribution in [0.3, 0.4) is 0 Å². The van der Waals surface area contributed by atoms with E-state index in [9.17, 15) is 27.5 Å². The van der Waals surface area contributed by atoms with Gasteiger partial charge in [-0.3, -0.25) is 4.79 Å². The average molecular weight is 382 g/mol. The van der Waals surface area contributed by atoms with Crippen molar-refractivity contribution in [1.82, 2.24) is 19.7 Å². The molecule has 6 nitrogen and oxygen atoms in total. The van der Waals surface area contributed by atoms with Gasteiger partial charge in [0.05, 0.1) is 11.8 Å². The minimum atomic E-state index is -4.69. The van der Waals surface area contributed by atoms with E-state index >= 15 is 0 Å². The summed E-state index contributed by atoms with van der Waals surface area (Å²) in [7, 11) is 0. The van der Waals surface area contributed by atoms with Gasteiger partial charge in [0.15, 0.2) is 5.82 Å². The van der Waals surface area contributed by atoms with Crippen LogP contribution in [-0.2, 0) is 11.8 Å². The van der Waals surface area contributed by atoms with E-state index in [-0.39, 0.29) is 16.9 Å². The Morgan fingerprint density at radius 3 is 2.48 bits per heavy atom. The smallest absolute Gasteiger partial charge is 0.380 e. The van der Waals surface area contributed by atoms with E-state index in [4.69, 9.17) is 0 Å². The Balaban J connectivity index is 2.01. The Kier molecular flexibility index (Phi) is 4.38. The Morgan fingerprint density at radius 2 is 1.89 bits per heavy atom. The molecule has 27 heavy (non-hydrogen) atoms. The van der Waals surface area contributed by atoms with Crippen molar-refractivity contribution in [2.24, 2.45) is 0 Å². The molecule has 3 rings (SSSR count). The van der Waals surface area contributed by atoms with Crippen molar-refractivity contribution in [3.05, 3.63) is 75.3 Å². The zero-order chi connectivity index (χ0) is 20.0. The summed E-state index contributed by atoms with van der Waals surface area (Å²) in [5.41, 5.74) is -3.75. The van der Waals surface area contributed by atoms with Gasteiger partial charge in [-0.05, 0) is 26.0 Å². The zero-order valence-electron chi connectivity index (χ0n) is 14.2. The molecule has 0 aliphatic carbocycles. The normalized spacial score (nSPS) is 14.2. The Hall–Kier alpha value is -3.01. The molecular formula is C17H14F4N4O2. The van der Waals surface area contributed by atoms with Crippen molar-refractivity contribution in [2.45, 2.75) is 25.6 Å². The molecule has 3 aromatic rings. The number of halogens is 4. The van der Waals surface area contributed by atoms with Crippen LogP contribution < -0.4 is 5.56 Å². The third-order valence-corrected chi connectivity index (χ3v) is 4.05. The van der Waals surface area contributed by atoms with Crippen LogP contribution in [0.1, 0.15) is 29.4 Å². The van der Waals surface area contributed by atoms with Gasteiger partial charge in [0.1, 0.15) is 17.2 Å². The molecule has 10 heteroatoms. The molecule has 0 saturated heterocycles. The molecule has 0 unspecified atom stereocenters. The fourth-order valence-corrected chi connectivity index (χ4v) is 2.62. The third-order valence-electron chi connectivity index (χ3n) is 4.05. The highest BCUT2D eigenvalue weighted by Crippen LogP contribution is 2.35. The van der Waals surface area contributed by atoms with Crippen LogP contribution in [0.2, 0.25) is 0 Å². The predicted molar refractivity (Wildman–Crippen MR) is 86.8 cm³/mol. The summed E-state index contributed by atoms with van der Waals surface area (Å²) in [6.07, 6.45) is -2.16. The van der Waals surface area contributed by atoms with E-state index in [0.717, 1.165) is 6.07 Å². The molecule has 142 valence electrons. The molecule has 0 spiro atoms. The van der Waals surface area contributed by atoms with Crippen molar-refractivity contribution in [2.75, 3.05) is 0 Å². The number of H-pyrrole nitrogens is 1. The standard InChI is InChI=1S/C17H14F4N4O2/c1-9-23-14(6-15(26)24-9)25-8-11(7-22-25)16(2,27)12-4-3-10(5-13(12)18)17(19,20)21/h3-8,27H,1-2H3,(H,23,24,26)/t16-/m0/s1. The Morgan fingerprint density at radius 1 is 1.19 bits per heavy atom. The lowest BCUT2D eigenvalue weighted by Gasteiger charge is -2.23. The predicted octanol–water partition coefficient (Wildman–Crippen LogP) is 2.68. The largest absolute Gasteiger partial charge is 0.416 e. The number of aryl methyl sites for hydroxylation is 1. The number of benzene rings is 1. The maximum absolute atomic E-state index is 14.3. The number of aliphatic hydroxyl groups is 1. The fraction of sp³-hybridized carbons (Fsp3) is 0.235. The maximum atomic E-state index is 14.3. The van der Waals surface area contributed by atoms with Crippen molar-refractivity contribution in [3.8, 4) is 5.82 Å². The topological polar surface area (TPSA) is 83.8 Å². The van der Waals surface area contributed by atoms with Crippen molar-refractivity contribution in [1.29, 1.82) is 0 Å². The SMILES string of the molecule is Cc1nc(-n2cc([C@](C)(O)c3ccc(C(F)(F)F)cc3F)cn2)cc(=O)[nH]1. The molecule has 2 heterocycles. The second-order valence-electron chi connectivity index (χ2n) is 6.13. The highest BCUT2D eigenvalue weighted by atomic mass is 19.4. The first kappa shape index (κ1) is 18.8. The van der Waals surface area contributed by atoms with Gasteiger partial charge < -0.3 is 10.1 Å². The van der Waals surface area contributed by atoms with Gasteiger partial charge in [0.2, 0.25) is 0 Å². The van der Waals surface area contributed by atoms with E-state index in [1.807, 2.05) is 0 Å². The highest BCUT2D eigenvalue weighted by molar-refractivity contribution is 5.37. The molecule has 0 aliphatic rings. The van der Waals surface area contributed by atoms with Crippen molar-refractivity contribution < 1.29 is 22.7 Å². The van der Waals surface area contributed by atoms with Gasteiger partial charge in [-0.25, -0.2) is 14.1 Å². The van der Waals surface area contributed by atoms with Gasteiger partial charge in [0.25, 0.3) is 5.56 Å². The van der Waals surface area contributed by atoms with Crippen LogP contribution in [0.5, 0.6) is 0 Å². The quantitative estimate of drug-likeness (QED) is 0.683. The van der Waals surface area contributed by atoms with Gasteiger partial charge in [-0.2, -0.15) is 18.3 Å². The second-order valence-corrected chi connectivity index (χ2v) is 6.13. The molecule has 2 aromatic heterocycles. The molecule has 0 radical (unpaired) electrons. The molecule has 1 atom stereocenters. The summed E-state index contributed by atoms with van der Waals surface area (Å²) < 4.78 is 53.5. The first-order chi connectivity index (χ1) is 12.5. The summed E-state index contributed by atoms with van der Waals surface area (Å²) in [5, 5.41) is 14.7. The summed E-state index contributed by atoms with van der Waals surface area (Å²) in [4.78, 5) is 18.1. The monoisotopic (exact) mass is 382 g/mol.